The lowest BCUT2D eigenvalue weighted by atomic mass is 10.1. The molecule has 1 aromatic heterocycles. The van der Waals surface area contributed by atoms with E-state index in [9.17, 15) is 9.90 Å². The van der Waals surface area contributed by atoms with Crippen molar-refractivity contribution in [2.45, 2.75) is 52.9 Å². The van der Waals surface area contributed by atoms with Crippen LogP contribution < -0.4 is 5.32 Å². The van der Waals surface area contributed by atoms with Gasteiger partial charge in [0.25, 0.3) is 5.91 Å². The number of nitrogens with one attached hydrogen (secondary N) is 1. The minimum Gasteiger partial charge on any atom is -0.447 e. The highest BCUT2D eigenvalue weighted by atomic mass is 16.5. The smallest absolute Gasteiger partial charge is 0.277 e. The molecule has 2 aromatic rings. The molecule has 8 nitrogen and oxygen atoms in total. The highest BCUT2D eigenvalue weighted by Gasteiger charge is 2.22. The molecule has 2 N–H and O–H groups in total. The number of aromatic nitrogens is 1. The molecule has 1 aromatic carbocycles. The van der Waals surface area contributed by atoms with Crippen molar-refractivity contribution in [2.75, 3.05) is 44.6 Å². The van der Waals surface area contributed by atoms with E-state index in [0.717, 1.165) is 43.0 Å². The van der Waals surface area contributed by atoms with E-state index in [1.165, 1.54) is 6.26 Å². The van der Waals surface area contributed by atoms with Gasteiger partial charge >= 0.3 is 0 Å². The van der Waals surface area contributed by atoms with Crippen molar-refractivity contribution < 1.29 is 19.1 Å². The highest BCUT2D eigenvalue weighted by Crippen LogP contribution is 2.18. The summed E-state index contributed by atoms with van der Waals surface area (Å²) in [5.41, 5.74) is 2.90. The molecule has 1 aliphatic rings. The van der Waals surface area contributed by atoms with E-state index < -0.39 is 6.10 Å². The highest BCUT2D eigenvalue weighted by molar-refractivity contribution is 6.03. The number of anilines is 1. The quantitative estimate of drug-likeness (QED) is 0.647. The first-order chi connectivity index (χ1) is 15.1. The number of aryl methyl sites for hydroxylation is 2. The SMILES string of the molecule is Cc1ccc(C)c(NC(=O)c2coc(CN3CCN(CC(O)COC(C)(C)C)CC3)n2)c1. The molecule has 1 aliphatic heterocycles. The molecule has 0 bridgehead atoms. The second kappa shape index (κ2) is 10.6. The van der Waals surface area contributed by atoms with Gasteiger partial charge in [0.05, 0.1) is 24.9 Å². The first-order valence-corrected chi connectivity index (χ1v) is 11.2. The van der Waals surface area contributed by atoms with Gasteiger partial charge in [0, 0.05) is 38.4 Å². The van der Waals surface area contributed by atoms with Gasteiger partial charge in [-0.3, -0.25) is 14.6 Å². The number of oxazole rings is 1. The number of amides is 1. The maximum Gasteiger partial charge on any atom is 0.277 e. The van der Waals surface area contributed by atoms with Crippen molar-refractivity contribution in [1.82, 2.24) is 14.8 Å². The van der Waals surface area contributed by atoms with E-state index in [4.69, 9.17) is 9.15 Å². The Morgan fingerprint density at radius 1 is 1.22 bits per heavy atom. The van der Waals surface area contributed by atoms with Gasteiger partial charge in [-0.2, -0.15) is 0 Å². The number of benzene rings is 1. The second-order valence-electron chi connectivity index (χ2n) is 9.55. The summed E-state index contributed by atoms with van der Waals surface area (Å²) in [5, 5.41) is 13.1. The van der Waals surface area contributed by atoms with Gasteiger partial charge in [-0.05, 0) is 51.8 Å². The Balaban J connectivity index is 1.44. The number of piperazine rings is 1. The molecule has 3 rings (SSSR count). The molecule has 0 radical (unpaired) electrons. The van der Waals surface area contributed by atoms with Gasteiger partial charge in [-0.1, -0.05) is 12.1 Å². The average Bonchev–Trinajstić information content (AvgIpc) is 3.19. The lowest BCUT2D eigenvalue weighted by molar-refractivity contribution is -0.0588. The van der Waals surface area contributed by atoms with Crippen LogP contribution in [0.3, 0.4) is 0 Å². The van der Waals surface area contributed by atoms with Crippen LogP contribution >= 0.6 is 0 Å². The summed E-state index contributed by atoms with van der Waals surface area (Å²) in [6.45, 7) is 14.8. The molecule has 8 heteroatoms. The summed E-state index contributed by atoms with van der Waals surface area (Å²) < 4.78 is 11.2. The van der Waals surface area contributed by atoms with Crippen LogP contribution in [0.15, 0.2) is 28.9 Å². The monoisotopic (exact) mass is 444 g/mol. The molecule has 2 heterocycles. The van der Waals surface area contributed by atoms with E-state index >= 15 is 0 Å². The summed E-state index contributed by atoms with van der Waals surface area (Å²) in [7, 11) is 0. The lowest BCUT2D eigenvalue weighted by Crippen LogP contribution is -2.49. The average molecular weight is 445 g/mol. The number of aliphatic hydroxyl groups is 1. The molecule has 1 atom stereocenters. The summed E-state index contributed by atoms with van der Waals surface area (Å²) in [6.07, 6.45) is 0.920. The molecule has 1 unspecified atom stereocenters. The number of hydrogen-bond donors (Lipinski definition) is 2. The number of rotatable bonds is 8. The number of β-amino-alcohol motifs (C(OH)–C–C–N with tert-alkyl or cyclic N) is 1. The predicted molar refractivity (Wildman–Crippen MR) is 124 cm³/mol. The molecular formula is C24H36N4O4. The molecule has 0 aliphatic carbocycles. The zero-order chi connectivity index (χ0) is 23.3. The number of carbonyl (C=O) groups excluding carboxylic acids is 1. The lowest BCUT2D eigenvalue weighted by Gasteiger charge is -2.35. The van der Waals surface area contributed by atoms with Crippen molar-refractivity contribution in [2.24, 2.45) is 0 Å². The van der Waals surface area contributed by atoms with Crippen LogP contribution in [0.2, 0.25) is 0 Å². The van der Waals surface area contributed by atoms with Crippen LogP contribution in [0.5, 0.6) is 0 Å². The molecule has 1 fully saturated rings. The van der Waals surface area contributed by atoms with Crippen molar-refractivity contribution in [3.05, 3.63) is 47.2 Å². The number of aliphatic hydroxyl groups excluding tert-OH is 1. The Morgan fingerprint density at radius 3 is 2.59 bits per heavy atom. The van der Waals surface area contributed by atoms with Gasteiger partial charge in [-0.25, -0.2) is 4.98 Å². The third-order valence-corrected chi connectivity index (χ3v) is 5.43. The molecule has 0 spiro atoms. The van der Waals surface area contributed by atoms with Crippen LogP contribution in [0, 0.1) is 13.8 Å². The third kappa shape index (κ3) is 7.41. The van der Waals surface area contributed by atoms with Crippen LogP contribution in [0.25, 0.3) is 0 Å². The van der Waals surface area contributed by atoms with E-state index in [-0.39, 0.29) is 17.2 Å². The molecule has 1 saturated heterocycles. The summed E-state index contributed by atoms with van der Waals surface area (Å²) in [4.78, 5) is 21.4. The van der Waals surface area contributed by atoms with Crippen LogP contribution in [0.4, 0.5) is 5.69 Å². The minimum absolute atomic E-state index is 0.246. The van der Waals surface area contributed by atoms with Gasteiger partial charge in [0.2, 0.25) is 5.89 Å². The Morgan fingerprint density at radius 2 is 1.91 bits per heavy atom. The number of ether oxygens (including phenoxy) is 1. The number of hydrogen-bond acceptors (Lipinski definition) is 7. The molecule has 176 valence electrons. The molecule has 0 saturated carbocycles. The second-order valence-corrected chi connectivity index (χ2v) is 9.55. The number of nitrogens with zero attached hydrogens (tertiary/aromatic N) is 3. The summed E-state index contributed by atoms with van der Waals surface area (Å²) >= 11 is 0. The fourth-order valence-electron chi connectivity index (χ4n) is 3.56. The Kier molecular flexibility index (Phi) is 8.05. The zero-order valence-electron chi connectivity index (χ0n) is 19.9. The molecule has 32 heavy (non-hydrogen) atoms. The maximum absolute atomic E-state index is 12.6. The third-order valence-electron chi connectivity index (χ3n) is 5.43. The topological polar surface area (TPSA) is 91.1 Å². The first-order valence-electron chi connectivity index (χ1n) is 11.2. The fraction of sp³-hybridized carbons (Fsp3) is 0.583. The minimum atomic E-state index is -0.495. The van der Waals surface area contributed by atoms with Crippen molar-refractivity contribution in [1.29, 1.82) is 0 Å². The number of carbonyl (C=O) groups is 1. The maximum atomic E-state index is 12.6. The van der Waals surface area contributed by atoms with Crippen molar-refractivity contribution in [3.63, 3.8) is 0 Å². The fourth-order valence-corrected chi connectivity index (χ4v) is 3.56. The Labute approximate surface area is 190 Å². The zero-order valence-corrected chi connectivity index (χ0v) is 19.9. The van der Waals surface area contributed by atoms with E-state index in [1.54, 1.807) is 0 Å². The Hall–Kier alpha value is -2.26. The van der Waals surface area contributed by atoms with Crippen LogP contribution in [0.1, 0.15) is 48.3 Å². The van der Waals surface area contributed by atoms with Gasteiger partial charge in [0.15, 0.2) is 5.69 Å². The van der Waals surface area contributed by atoms with E-state index in [0.29, 0.717) is 25.6 Å². The van der Waals surface area contributed by atoms with E-state index in [1.807, 2.05) is 52.8 Å². The predicted octanol–water partition coefficient (Wildman–Crippen LogP) is 2.84. The Bertz CT molecular complexity index is 898. The molecular weight excluding hydrogens is 408 g/mol. The van der Waals surface area contributed by atoms with Crippen LogP contribution in [-0.2, 0) is 11.3 Å². The van der Waals surface area contributed by atoms with Gasteiger partial charge in [-0.15, -0.1) is 0 Å². The summed E-state index contributed by atoms with van der Waals surface area (Å²) in [6, 6.07) is 5.94. The van der Waals surface area contributed by atoms with Gasteiger partial charge < -0.3 is 19.6 Å². The molecule has 1 amide bonds. The largest absolute Gasteiger partial charge is 0.447 e. The van der Waals surface area contributed by atoms with Crippen molar-refractivity contribution in [3.8, 4) is 0 Å². The van der Waals surface area contributed by atoms with Gasteiger partial charge in [0.1, 0.15) is 6.26 Å². The van der Waals surface area contributed by atoms with Crippen molar-refractivity contribution >= 4 is 11.6 Å². The summed E-state index contributed by atoms with van der Waals surface area (Å²) in [5.74, 6) is 0.258. The standard InChI is InChI=1S/C24H36N4O4/c1-17-6-7-18(2)20(12-17)26-23(30)21-16-31-22(25-21)14-28-10-8-27(9-11-28)13-19(29)15-32-24(3,4)5/h6-7,12,16,19,29H,8-11,13-15H2,1-5H3,(H,26,30). The first kappa shape index (κ1) is 24.4. The normalized spacial score (nSPS) is 16.8. The van der Waals surface area contributed by atoms with Crippen LogP contribution in [-0.4, -0.2) is 76.8 Å². The van der Waals surface area contributed by atoms with E-state index in [2.05, 4.69) is 20.1 Å².